The standard InChI is InChI=1S/C10H14N2O2/c1-12-6-8(5-11-12)4-10(13)9-2-3-14-7-9/h5-6,9H,2-4,7H2,1H3. The molecule has 76 valence electrons. The zero-order chi connectivity index (χ0) is 9.97. The first kappa shape index (κ1) is 9.40. The molecule has 0 saturated carbocycles. The Hall–Kier alpha value is -1.16. The van der Waals surface area contributed by atoms with Gasteiger partial charge in [-0.25, -0.2) is 0 Å². The molecule has 1 unspecified atom stereocenters. The number of hydrogen-bond acceptors (Lipinski definition) is 3. The molecule has 0 N–H and O–H groups in total. The van der Waals surface area contributed by atoms with Crippen molar-refractivity contribution in [2.24, 2.45) is 13.0 Å². The smallest absolute Gasteiger partial charge is 0.142 e. The highest BCUT2D eigenvalue weighted by molar-refractivity contribution is 5.83. The van der Waals surface area contributed by atoms with Crippen LogP contribution in [0.15, 0.2) is 12.4 Å². The van der Waals surface area contributed by atoms with Crippen molar-refractivity contribution in [2.75, 3.05) is 13.2 Å². The van der Waals surface area contributed by atoms with Gasteiger partial charge in [0.05, 0.1) is 12.8 Å². The van der Waals surface area contributed by atoms with E-state index in [9.17, 15) is 4.79 Å². The molecule has 0 spiro atoms. The highest BCUT2D eigenvalue weighted by atomic mass is 16.5. The zero-order valence-electron chi connectivity index (χ0n) is 8.27. The van der Waals surface area contributed by atoms with Crippen LogP contribution < -0.4 is 0 Å². The maximum atomic E-state index is 11.7. The lowest BCUT2D eigenvalue weighted by molar-refractivity contribution is -0.122. The van der Waals surface area contributed by atoms with Crippen molar-refractivity contribution in [1.29, 1.82) is 0 Å². The average molecular weight is 194 g/mol. The highest BCUT2D eigenvalue weighted by Gasteiger charge is 2.23. The van der Waals surface area contributed by atoms with E-state index in [4.69, 9.17) is 4.74 Å². The molecule has 1 aromatic heterocycles. The molecule has 0 aromatic carbocycles. The van der Waals surface area contributed by atoms with Gasteiger partial charge in [-0.15, -0.1) is 0 Å². The fourth-order valence-electron chi connectivity index (χ4n) is 1.70. The Labute approximate surface area is 82.9 Å². The van der Waals surface area contributed by atoms with E-state index in [1.165, 1.54) is 0 Å². The van der Waals surface area contributed by atoms with Crippen LogP contribution in [0.2, 0.25) is 0 Å². The van der Waals surface area contributed by atoms with Crippen molar-refractivity contribution in [3.05, 3.63) is 18.0 Å². The van der Waals surface area contributed by atoms with Crippen LogP contribution in [0.1, 0.15) is 12.0 Å². The van der Waals surface area contributed by atoms with Crippen LogP contribution in [-0.2, 0) is 23.0 Å². The van der Waals surface area contributed by atoms with Crippen molar-refractivity contribution in [3.8, 4) is 0 Å². The van der Waals surface area contributed by atoms with Gasteiger partial charge in [0.1, 0.15) is 5.78 Å². The molecular weight excluding hydrogens is 180 g/mol. The number of carbonyl (C=O) groups is 1. The van der Waals surface area contributed by atoms with E-state index in [0.29, 0.717) is 13.0 Å². The van der Waals surface area contributed by atoms with Crippen LogP contribution >= 0.6 is 0 Å². The van der Waals surface area contributed by atoms with Crippen molar-refractivity contribution in [1.82, 2.24) is 9.78 Å². The summed E-state index contributed by atoms with van der Waals surface area (Å²) < 4.78 is 6.90. The number of ether oxygens (including phenoxy) is 1. The minimum atomic E-state index is 0.107. The van der Waals surface area contributed by atoms with Gasteiger partial charge in [0.25, 0.3) is 0 Å². The minimum Gasteiger partial charge on any atom is -0.381 e. The lowest BCUT2D eigenvalue weighted by atomic mass is 9.99. The summed E-state index contributed by atoms with van der Waals surface area (Å²) in [5.41, 5.74) is 0.990. The number of aromatic nitrogens is 2. The number of ketones is 1. The molecule has 4 nitrogen and oxygen atoms in total. The number of carbonyl (C=O) groups excluding carboxylic acids is 1. The van der Waals surface area contributed by atoms with Gasteiger partial charge in [0, 0.05) is 32.2 Å². The first-order chi connectivity index (χ1) is 6.75. The van der Waals surface area contributed by atoms with Crippen LogP contribution in [0, 0.1) is 5.92 Å². The molecule has 14 heavy (non-hydrogen) atoms. The summed E-state index contributed by atoms with van der Waals surface area (Å²) in [6.45, 7) is 1.32. The summed E-state index contributed by atoms with van der Waals surface area (Å²) in [4.78, 5) is 11.7. The van der Waals surface area contributed by atoms with Crippen molar-refractivity contribution >= 4 is 5.78 Å². The summed E-state index contributed by atoms with van der Waals surface area (Å²) in [7, 11) is 1.85. The molecule has 0 amide bonds. The normalized spacial score (nSPS) is 21.4. The molecule has 1 aromatic rings. The Morgan fingerprint density at radius 3 is 3.21 bits per heavy atom. The second-order valence-electron chi connectivity index (χ2n) is 3.73. The second-order valence-corrected chi connectivity index (χ2v) is 3.73. The molecule has 0 radical (unpaired) electrons. The SMILES string of the molecule is Cn1cc(CC(=O)C2CCOC2)cn1. The van der Waals surface area contributed by atoms with Crippen molar-refractivity contribution in [3.63, 3.8) is 0 Å². The number of Topliss-reactive ketones (excluding diaryl/α,β-unsaturated/α-hetero) is 1. The molecule has 1 atom stereocenters. The molecule has 2 heterocycles. The van der Waals surface area contributed by atoms with E-state index in [2.05, 4.69) is 5.10 Å². The third kappa shape index (κ3) is 2.01. The Morgan fingerprint density at radius 1 is 1.79 bits per heavy atom. The van der Waals surface area contributed by atoms with E-state index in [0.717, 1.165) is 18.6 Å². The maximum absolute atomic E-state index is 11.7. The molecule has 2 rings (SSSR count). The summed E-state index contributed by atoms with van der Waals surface area (Å²) in [6, 6.07) is 0. The van der Waals surface area contributed by atoms with Crippen LogP contribution in [0.5, 0.6) is 0 Å². The maximum Gasteiger partial charge on any atom is 0.142 e. The van der Waals surface area contributed by atoms with Gasteiger partial charge in [0.2, 0.25) is 0 Å². The second kappa shape index (κ2) is 3.92. The predicted molar refractivity (Wildman–Crippen MR) is 50.8 cm³/mol. The molecule has 0 aliphatic carbocycles. The lowest BCUT2D eigenvalue weighted by Gasteiger charge is -2.03. The third-order valence-corrected chi connectivity index (χ3v) is 2.52. The molecule has 1 fully saturated rings. The van der Waals surface area contributed by atoms with Gasteiger partial charge < -0.3 is 4.74 Å². The molecule has 1 saturated heterocycles. The Balaban J connectivity index is 1.93. The number of rotatable bonds is 3. The van der Waals surface area contributed by atoms with Crippen LogP contribution in [-0.4, -0.2) is 28.8 Å². The van der Waals surface area contributed by atoms with Gasteiger partial charge in [0.15, 0.2) is 0 Å². The van der Waals surface area contributed by atoms with Gasteiger partial charge >= 0.3 is 0 Å². The fraction of sp³-hybridized carbons (Fsp3) is 0.600. The summed E-state index contributed by atoms with van der Waals surface area (Å²) >= 11 is 0. The Kier molecular flexibility index (Phi) is 2.63. The van der Waals surface area contributed by atoms with Crippen LogP contribution in [0.3, 0.4) is 0 Å². The highest BCUT2D eigenvalue weighted by Crippen LogP contribution is 2.15. The van der Waals surface area contributed by atoms with Crippen molar-refractivity contribution < 1.29 is 9.53 Å². The van der Waals surface area contributed by atoms with Crippen LogP contribution in [0.4, 0.5) is 0 Å². The van der Waals surface area contributed by atoms with E-state index < -0.39 is 0 Å². The molecule has 1 aliphatic heterocycles. The fourth-order valence-corrected chi connectivity index (χ4v) is 1.70. The van der Waals surface area contributed by atoms with Gasteiger partial charge in [-0.2, -0.15) is 5.10 Å². The molecule has 0 bridgehead atoms. The van der Waals surface area contributed by atoms with Gasteiger partial charge in [-0.3, -0.25) is 9.48 Å². The van der Waals surface area contributed by atoms with Crippen molar-refractivity contribution in [2.45, 2.75) is 12.8 Å². The summed E-state index contributed by atoms with van der Waals surface area (Å²) in [5, 5.41) is 4.03. The predicted octanol–water partition coefficient (Wildman–Crippen LogP) is 0.568. The first-order valence-electron chi connectivity index (χ1n) is 4.83. The molecular formula is C10H14N2O2. The zero-order valence-corrected chi connectivity index (χ0v) is 8.27. The quantitative estimate of drug-likeness (QED) is 0.706. The van der Waals surface area contributed by atoms with E-state index in [1.54, 1.807) is 10.9 Å². The topological polar surface area (TPSA) is 44.1 Å². The van der Waals surface area contributed by atoms with E-state index in [-0.39, 0.29) is 11.7 Å². The number of hydrogen-bond donors (Lipinski definition) is 0. The third-order valence-electron chi connectivity index (χ3n) is 2.52. The van der Waals surface area contributed by atoms with Gasteiger partial charge in [-0.05, 0) is 12.0 Å². The Bertz CT molecular complexity index is 327. The monoisotopic (exact) mass is 194 g/mol. The summed E-state index contributed by atoms with van der Waals surface area (Å²) in [5.74, 6) is 0.380. The summed E-state index contributed by atoms with van der Waals surface area (Å²) in [6.07, 6.45) is 4.99. The number of nitrogens with zero attached hydrogens (tertiary/aromatic N) is 2. The minimum absolute atomic E-state index is 0.107. The lowest BCUT2D eigenvalue weighted by Crippen LogP contribution is -2.16. The first-order valence-corrected chi connectivity index (χ1v) is 4.83. The molecule has 4 heteroatoms. The van der Waals surface area contributed by atoms with Gasteiger partial charge in [-0.1, -0.05) is 0 Å². The van der Waals surface area contributed by atoms with E-state index in [1.807, 2.05) is 13.2 Å². The van der Waals surface area contributed by atoms with E-state index >= 15 is 0 Å². The molecule has 1 aliphatic rings. The number of aryl methyl sites for hydroxylation is 1. The average Bonchev–Trinajstić information content (AvgIpc) is 2.75. The Morgan fingerprint density at radius 2 is 2.64 bits per heavy atom. The van der Waals surface area contributed by atoms with Crippen LogP contribution in [0.25, 0.3) is 0 Å². The largest absolute Gasteiger partial charge is 0.381 e.